The van der Waals surface area contributed by atoms with Gasteiger partial charge in [0.05, 0.1) is 5.60 Å². The van der Waals surface area contributed by atoms with Gasteiger partial charge in [0.1, 0.15) is 11.7 Å². The van der Waals surface area contributed by atoms with Gasteiger partial charge in [-0.2, -0.15) is 0 Å². The average molecular weight is 525 g/mol. The lowest BCUT2D eigenvalue weighted by atomic mass is 9.85. The minimum absolute atomic E-state index is 0.0626. The third-order valence-electron chi connectivity index (χ3n) is 6.41. The molecular weight excluding hydrogens is 492 g/mol. The Morgan fingerprint density at radius 2 is 1.61 bits per heavy atom. The number of ether oxygens (including phenoxy) is 1. The average Bonchev–Trinajstić information content (AvgIpc) is 2.86. The number of hydrogen-bond acceptors (Lipinski definition) is 3. The number of ketones is 1. The summed E-state index contributed by atoms with van der Waals surface area (Å²) < 4.78 is 6.34. The summed E-state index contributed by atoms with van der Waals surface area (Å²) in [5.74, 6) is 6.14. The molecule has 0 saturated heterocycles. The molecule has 0 saturated carbocycles. The number of benzene rings is 4. The zero-order valence-electron chi connectivity index (χ0n) is 22.7. The van der Waals surface area contributed by atoms with Crippen molar-refractivity contribution < 1.29 is 14.6 Å². The molecule has 0 fully saturated rings. The summed E-state index contributed by atoms with van der Waals surface area (Å²) in [6.45, 7) is 11.1. The molecule has 0 spiro atoms. The predicted octanol–water partition coefficient (Wildman–Crippen LogP) is 8.17. The van der Waals surface area contributed by atoms with E-state index in [0.29, 0.717) is 5.02 Å². The van der Waals surface area contributed by atoms with Gasteiger partial charge < -0.3 is 9.84 Å². The Labute approximate surface area is 230 Å². The zero-order chi connectivity index (χ0) is 27.7. The summed E-state index contributed by atoms with van der Waals surface area (Å²) in [7, 11) is 0. The van der Waals surface area contributed by atoms with Gasteiger partial charge in [0, 0.05) is 10.6 Å². The van der Waals surface area contributed by atoms with Crippen molar-refractivity contribution in [2.75, 3.05) is 0 Å². The van der Waals surface area contributed by atoms with Crippen molar-refractivity contribution in [3.63, 3.8) is 0 Å². The molecule has 2 unspecified atom stereocenters. The number of hydrogen-bond donors (Lipinski definition) is 1. The maximum atomic E-state index is 13.0. The van der Waals surface area contributed by atoms with Crippen LogP contribution in [0.25, 0.3) is 21.9 Å². The van der Waals surface area contributed by atoms with Crippen molar-refractivity contribution in [3.05, 3.63) is 106 Å². The highest BCUT2D eigenvalue weighted by atomic mass is 35.5. The lowest BCUT2D eigenvalue weighted by Crippen LogP contribution is -2.27. The summed E-state index contributed by atoms with van der Waals surface area (Å²) in [5, 5.41) is 13.6. The van der Waals surface area contributed by atoms with E-state index in [1.54, 1.807) is 13.8 Å². The topological polar surface area (TPSA) is 46.5 Å². The lowest BCUT2D eigenvalue weighted by molar-refractivity contribution is -0.138. The molecule has 0 aliphatic heterocycles. The molecule has 2 atom stereocenters. The van der Waals surface area contributed by atoms with Crippen LogP contribution in [0, 0.1) is 18.8 Å². The van der Waals surface area contributed by atoms with Crippen LogP contribution in [0.2, 0.25) is 5.02 Å². The largest absolute Gasteiger partial charge is 0.374 e. The molecule has 4 aromatic carbocycles. The second-order valence-electron chi connectivity index (χ2n) is 10.8. The molecule has 0 heterocycles. The second kappa shape index (κ2) is 10.8. The number of halogens is 1. The first-order valence-corrected chi connectivity index (χ1v) is 13.1. The third kappa shape index (κ3) is 6.17. The van der Waals surface area contributed by atoms with E-state index >= 15 is 0 Å². The number of Topliss-reactive ketones (excluding diaryl/α,β-unsaturated/α-hetero) is 1. The molecule has 4 aromatic rings. The van der Waals surface area contributed by atoms with Crippen LogP contribution in [0.3, 0.4) is 0 Å². The smallest absolute Gasteiger partial charge is 0.163 e. The minimum Gasteiger partial charge on any atom is -0.374 e. The molecular formula is C34H33ClO3. The number of carbonyl (C=O) groups excluding carboxylic acids is 1. The molecule has 194 valence electrons. The SMILES string of the molecule is CC(=O)C(OC(C)(C)C)c1c(C)cc2ccc(C#CC(C)(O)c3ccccc3)cc2c1-c1ccc(Cl)cc1. The predicted molar refractivity (Wildman–Crippen MR) is 156 cm³/mol. The highest BCUT2D eigenvalue weighted by molar-refractivity contribution is 6.30. The normalized spacial score (nSPS) is 13.9. The van der Waals surface area contributed by atoms with Crippen molar-refractivity contribution in [3.8, 4) is 23.0 Å². The van der Waals surface area contributed by atoms with Crippen molar-refractivity contribution in [2.45, 2.75) is 58.8 Å². The molecule has 38 heavy (non-hydrogen) atoms. The molecule has 0 aliphatic carbocycles. The Balaban J connectivity index is 1.96. The molecule has 0 amide bonds. The summed E-state index contributed by atoms with van der Waals surface area (Å²) in [4.78, 5) is 13.0. The lowest BCUT2D eigenvalue weighted by Gasteiger charge is -2.29. The monoisotopic (exact) mass is 524 g/mol. The summed E-state index contributed by atoms with van der Waals surface area (Å²) in [6, 6.07) is 25.1. The van der Waals surface area contributed by atoms with Gasteiger partial charge in [-0.05, 0) is 104 Å². The Morgan fingerprint density at radius 3 is 2.21 bits per heavy atom. The Hall–Kier alpha value is -3.42. The number of carbonyl (C=O) groups is 1. The van der Waals surface area contributed by atoms with Crippen LogP contribution in [0.15, 0.2) is 78.9 Å². The fourth-order valence-electron chi connectivity index (χ4n) is 4.62. The second-order valence-corrected chi connectivity index (χ2v) is 11.3. The van der Waals surface area contributed by atoms with Crippen LogP contribution < -0.4 is 0 Å². The molecule has 0 radical (unpaired) electrons. The van der Waals surface area contributed by atoms with Gasteiger partial charge in [-0.25, -0.2) is 0 Å². The van der Waals surface area contributed by atoms with Crippen LogP contribution in [0.5, 0.6) is 0 Å². The highest BCUT2D eigenvalue weighted by Gasteiger charge is 2.29. The number of fused-ring (bicyclic) bond motifs is 1. The fraction of sp³-hybridized carbons (Fsp3) is 0.265. The van der Waals surface area contributed by atoms with Crippen molar-refractivity contribution >= 4 is 28.2 Å². The zero-order valence-corrected chi connectivity index (χ0v) is 23.5. The third-order valence-corrected chi connectivity index (χ3v) is 6.66. The van der Waals surface area contributed by atoms with Crippen LogP contribution >= 0.6 is 11.6 Å². The van der Waals surface area contributed by atoms with E-state index < -0.39 is 17.3 Å². The molecule has 4 rings (SSSR count). The molecule has 4 heteroatoms. The maximum Gasteiger partial charge on any atom is 0.163 e. The molecule has 0 aromatic heterocycles. The van der Waals surface area contributed by atoms with Gasteiger partial charge in [-0.3, -0.25) is 4.79 Å². The van der Waals surface area contributed by atoms with Gasteiger partial charge in [-0.15, -0.1) is 0 Å². The van der Waals surface area contributed by atoms with E-state index in [2.05, 4.69) is 17.9 Å². The van der Waals surface area contributed by atoms with E-state index in [4.69, 9.17) is 16.3 Å². The van der Waals surface area contributed by atoms with Crippen LogP contribution in [0.4, 0.5) is 0 Å². The Bertz CT molecular complexity index is 1530. The molecule has 0 aliphatic rings. The quantitative estimate of drug-likeness (QED) is 0.268. The first kappa shape index (κ1) is 27.6. The van der Waals surface area contributed by atoms with Crippen molar-refractivity contribution in [2.24, 2.45) is 0 Å². The Morgan fingerprint density at radius 1 is 0.947 bits per heavy atom. The van der Waals surface area contributed by atoms with Gasteiger partial charge >= 0.3 is 0 Å². The van der Waals surface area contributed by atoms with Crippen LogP contribution in [-0.2, 0) is 15.1 Å². The van der Waals surface area contributed by atoms with Crippen molar-refractivity contribution in [1.82, 2.24) is 0 Å². The maximum absolute atomic E-state index is 13.0. The first-order valence-electron chi connectivity index (χ1n) is 12.7. The fourth-order valence-corrected chi connectivity index (χ4v) is 4.75. The van der Waals surface area contributed by atoms with Gasteiger partial charge in [0.15, 0.2) is 5.78 Å². The van der Waals surface area contributed by atoms with Crippen LogP contribution in [0.1, 0.15) is 63.0 Å². The molecule has 1 N–H and O–H groups in total. The number of rotatable bonds is 5. The first-order chi connectivity index (χ1) is 17.9. The summed E-state index contributed by atoms with van der Waals surface area (Å²) in [5.41, 5.74) is 3.33. The van der Waals surface area contributed by atoms with E-state index in [-0.39, 0.29) is 5.78 Å². The van der Waals surface area contributed by atoms with E-state index in [0.717, 1.165) is 44.2 Å². The summed E-state index contributed by atoms with van der Waals surface area (Å²) in [6.07, 6.45) is -0.737. The van der Waals surface area contributed by atoms with Gasteiger partial charge in [0.2, 0.25) is 0 Å². The van der Waals surface area contributed by atoms with E-state index in [9.17, 15) is 9.90 Å². The van der Waals surface area contributed by atoms with E-state index in [1.165, 1.54) is 0 Å². The van der Waals surface area contributed by atoms with Crippen LogP contribution in [-0.4, -0.2) is 16.5 Å². The Kier molecular flexibility index (Phi) is 7.81. The minimum atomic E-state index is -1.30. The summed E-state index contributed by atoms with van der Waals surface area (Å²) >= 11 is 6.23. The number of aryl methyl sites for hydroxylation is 1. The number of aliphatic hydroxyl groups is 1. The van der Waals surface area contributed by atoms with Gasteiger partial charge in [-0.1, -0.05) is 78.0 Å². The standard InChI is InChI=1S/C34H33ClO3/c1-22-20-26-13-12-24(18-19-34(6,37)27-10-8-7-9-11-27)21-29(26)31(25-14-16-28(35)17-15-25)30(22)32(23(2)36)38-33(3,4)5/h7-17,20-21,32,37H,1-6H3. The van der Waals surface area contributed by atoms with Gasteiger partial charge in [0.25, 0.3) is 0 Å². The van der Waals surface area contributed by atoms with Crippen molar-refractivity contribution in [1.29, 1.82) is 0 Å². The molecule has 0 bridgehead atoms. The highest BCUT2D eigenvalue weighted by Crippen LogP contribution is 2.41. The van der Waals surface area contributed by atoms with E-state index in [1.807, 2.05) is 100 Å². The molecule has 3 nitrogen and oxygen atoms in total.